The minimum Gasteiger partial charge on any atom is -0.366 e. The van der Waals surface area contributed by atoms with E-state index in [1.54, 1.807) is 12.1 Å². The monoisotopic (exact) mass is 410 g/mol. The van der Waals surface area contributed by atoms with Gasteiger partial charge in [-0.3, -0.25) is 4.90 Å². The van der Waals surface area contributed by atoms with Crippen molar-refractivity contribution in [2.45, 2.75) is 32.7 Å². The van der Waals surface area contributed by atoms with Crippen LogP contribution in [0.4, 0.5) is 13.2 Å². The first kappa shape index (κ1) is 20.7. The standard InChI is InChI=1S/C20H25F3N4S/c1-14-11-15(2)24-18(12-14)25-19(28)27-9-7-26(8-10-27)13-16-3-5-17(6-4-16)20(21,22)23/h3-6,11-12,18,24H,7-10,13H2,1-2H3,(H,25,28). The van der Waals surface area contributed by atoms with E-state index in [0.29, 0.717) is 11.7 Å². The topological polar surface area (TPSA) is 30.5 Å². The predicted molar refractivity (Wildman–Crippen MR) is 108 cm³/mol. The number of nitrogens with one attached hydrogen (secondary N) is 2. The molecule has 1 saturated heterocycles. The molecule has 2 N–H and O–H groups in total. The Bertz CT molecular complexity index is 763. The molecule has 4 nitrogen and oxygen atoms in total. The molecule has 1 aromatic rings. The second kappa shape index (κ2) is 8.53. The highest BCUT2D eigenvalue weighted by atomic mass is 32.1. The molecule has 0 radical (unpaired) electrons. The minimum atomic E-state index is -4.29. The number of hydrogen-bond acceptors (Lipinski definition) is 3. The number of thiocarbonyl (C=S) groups is 1. The molecule has 0 bridgehead atoms. The Hall–Kier alpha value is -2.06. The van der Waals surface area contributed by atoms with Crippen LogP contribution in [0.2, 0.25) is 0 Å². The summed E-state index contributed by atoms with van der Waals surface area (Å²) in [5.41, 5.74) is 2.57. The summed E-state index contributed by atoms with van der Waals surface area (Å²) in [5, 5.41) is 7.39. The molecule has 0 aliphatic carbocycles. The summed E-state index contributed by atoms with van der Waals surface area (Å²) in [6.45, 7) is 7.93. The van der Waals surface area contributed by atoms with Crippen molar-refractivity contribution in [3.05, 3.63) is 58.8 Å². The molecule has 0 saturated carbocycles. The van der Waals surface area contributed by atoms with Gasteiger partial charge in [-0.2, -0.15) is 13.2 Å². The zero-order valence-electron chi connectivity index (χ0n) is 16.0. The number of benzene rings is 1. The van der Waals surface area contributed by atoms with Crippen molar-refractivity contribution < 1.29 is 13.2 Å². The van der Waals surface area contributed by atoms with Gasteiger partial charge in [-0.1, -0.05) is 12.1 Å². The highest BCUT2D eigenvalue weighted by molar-refractivity contribution is 7.80. The first-order chi connectivity index (χ1) is 13.2. The van der Waals surface area contributed by atoms with Crippen molar-refractivity contribution in [1.29, 1.82) is 0 Å². The van der Waals surface area contributed by atoms with Crippen LogP contribution in [0.15, 0.2) is 47.7 Å². The number of nitrogens with zero attached hydrogens (tertiary/aromatic N) is 2. The molecular weight excluding hydrogens is 385 g/mol. The Morgan fingerprint density at radius 2 is 1.79 bits per heavy atom. The Balaban J connectivity index is 1.46. The Kier molecular flexibility index (Phi) is 6.30. The van der Waals surface area contributed by atoms with E-state index >= 15 is 0 Å². The van der Waals surface area contributed by atoms with E-state index in [1.165, 1.54) is 5.57 Å². The number of halogens is 3. The lowest BCUT2D eigenvalue weighted by molar-refractivity contribution is -0.137. The van der Waals surface area contributed by atoms with E-state index in [9.17, 15) is 13.2 Å². The van der Waals surface area contributed by atoms with E-state index < -0.39 is 11.7 Å². The second-order valence-electron chi connectivity index (χ2n) is 7.27. The fraction of sp³-hybridized carbons (Fsp3) is 0.450. The van der Waals surface area contributed by atoms with Crippen LogP contribution in [0.25, 0.3) is 0 Å². The fourth-order valence-electron chi connectivity index (χ4n) is 3.45. The molecule has 28 heavy (non-hydrogen) atoms. The quantitative estimate of drug-likeness (QED) is 0.745. The Morgan fingerprint density at radius 1 is 1.14 bits per heavy atom. The average Bonchev–Trinajstić information content (AvgIpc) is 2.61. The van der Waals surface area contributed by atoms with Gasteiger partial charge in [0.25, 0.3) is 0 Å². The summed E-state index contributed by atoms with van der Waals surface area (Å²) >= 11 is 5.55. The SMILES string of the molecule is CC1=CC(NC(=S)N2CCN(Cc3ccc(C(F)(F)F)cc3)CC2)NC(C)=C1. The van der Waals surface area contributed by atoms with Gasteiger partial charge in [-0.05, 0) is 61.5 Å². The maximum Gasteiger partial charge on any atom is 0.416 e. The van der Waals surface area contributed by atoms with Crippen molar-refractivity contribution in [2.24, 2.45) is 0 Å². The zero-order valence-corrected chi connectivity index (χ0v) is 16.8. The number of hydrogen-bond donors (Lipinski definition) is 2. The van der Waals surface area contributed by atoms with Gasteiger partial charge in [0.15, 0.2) is 5.11 Å². The predicted octanol–water partition coefficient (Wildman–Crippen LogP) is 3.48. The van der Waals surface area contributed by atoms with Gasteiger partial charge in [-0.15, -0.1) is 0 Å². The molecule has 0 spiro atoms. The molecule has 2 aliphatic heterocycles. The third-order valence-corrected chi connectivity index (χ3v) is 5.26. The maximum atomic E-state index is 12.7. The molecule has 8 heteroatoms. The van der Waals surface area contributed by atoms with Gasteiger partial charge in [0.2, 0.25) is 0 Å². The lowest BCUT2D eigenvalue weighted by Crippen LogP contribution is -2.55. The van der Waals surface area contributed by atoms with Crippen LogP contribution >= 0.6 is 12.2 Å². The molecule has 3 rings (SSSR count). The van der Waals surface area contributed by atoms with Crippen molar-refractivity contribution in [2.75, 3.05) is 26.2 Å². The van der Waals surface area contributed by atoms with Gasteiger partial charge in [0.05, 0.1) is 5.56 Å². The van der Waals surface area contributed by atoms with Crippen LogP contribution in [-0.4, -0.2) is 47.3 Å². The highest BCUT2D eigenvalue weighted by Crippen LogP contribution is 2.29. The van der Waals surface area contributed by atoms with Crippen LogP contribution in [0.3, 0.4) is 0 Å². The van der Waals surface area contributed by atoms with Gasteiger partial charge < -0.3 is 15.5 Å². The molecule has 1 aromatic carbocycles. The molecular formula is C20H25F3N4S. The van der Waals surface area contributed by atoms with Crippen LogP contribution in [0.1, 0.15) is 25.0 Å². The molecule has 1 atom stereocenters. The zero-order chi connectivity index (χ0) is 20.3. The fourth-order valence-corrected chi connectivity index (χ4v) is 3.76. The van der Waals surface area contributed by atoms with Crippen molar-refractivity contribution in [1.82, 2.24) is 20.4 Å². The third-order valence-electron chi connectivity index (χ3n) is 4.88. The lowest BCUT2D eigenvalue weighted by Gasteiger charge is -2.37. The van der Waals surface area contributed by atoms with E-state index in [2.05, 4.69) is 39.5 Å². The van der Waals surface area contributed by atoms with Gasteiger partial charge in [0, 0.05) is 38.4 Å². The summed E-state index contributed by atoms with van der Waals surface area (Å²) in [4.78, 5) is 4.37. The summed E-state index contributed by atoms with van der Waals surface area (Å²) in [6.07, 6.45) is -0.119. The van der Waals surface area contributed by atoms with Crippen LogP contribution in [-0.2, 0) is 12.7 Å². The largest absolute Gasteiger partial charge is 0.416 e. The molecule has 1 fully saturated rings. The molecule has 0 amide bonds. The average molecular weight is 411 g/mol. The first-order valence-corrected chi connectivity index (χ1v) is 9.69. The van der Waals surface area contributed by atoms with Crippen molar-refractivity contribution in [3.63, 3.8) is 0 Å². The third kappa shape index (κ3) is 5.48. The Morgan fingerprint density at radius 3 is 2.36 bits per heavy atom. The van der Waals surface area contributed by atoms with E-state index in [0.717, 1.165) is 49.6 Å². The van der Waals surface area contributed by atoms with E-state index in [-0.39, 0.29) is 6.17 Å². The van der Waals surface area contributed by atoms with Gasteiger partial charge >= 0.3 is 6.18 Å². The van der Waals surface area contributed by atoms with Crippen LogP contribution in [0, 0.1) is 0 Å². The van der Waals surface area contributed by atoms with E-state index in [1.807, 2.05) is 6.92 Å². The minimum absolute atomic E-state index is 0.0114. The molecule has 2 heterocycles. The normalized spacial score (nSPS) is 20.9. The second-order valence-corrected chi connectivity index (χ2v) is 7.65. The summed E-state index contributed by atoms with van der Waals surface area (Å²) in [7, 11) is 0. The van der Waals surface area contributed by atoms with Crippen molar-refractivity contribution in [3.8, 4) is 0 Å². The highest BCUT2D eigenvalue weighted by Gasteiger charge is 2.30. The Labute approximate surface area is 169 Å². The molecule has 152 valence electrons. The first-order valence-electron chi connectivity index (χ1n) is 9.28. The summed E-state index contributed by atoms with van der Waals surface area (Å²) in [6, 6.07) is 5.41. The van der Waals surface area contributed by atoms with Crippen molar-refractivity contribution >= 4 is 17.3 Å². The molecule has 2 aliphatic rings. The maximum absolute atomic E-state index is 12.7. The van der Waals surface area contributed by atoms with Crippen LogP contribution in [0.5, 0.6) is 0 Å². The van der Waals surface area contributed by atoms with E-state index in [4.69, 9.17) is 12.2 Å². The number of alkyl halides is 3. The van der Waals surface area contributed by atoms with Gasteiger partial charge in [0.1, 0.15) is 6.17 Å². The molecule has 1 unspecified atom stereocenters. The van der Waals surface area contributed by atoms with Crippen LogP contribution < -0.4 is 10.6 Å². The van der Waals surface area contributed by atoms with Gasteiger partial charge in [-0.25, -0.2) is 0 Å². The number of allylic oxidation sites excluding steroid dienone is 3. The number of piperazine rings is 1. The molecule has 0 aromatic heterocycles. The number of rotatable bonds is 3. The lowest BCUT2D eigenvalue weighted by atomic mass is 10.1. The summed E-state index contributed by atoms with van der Waals surface area (Å²) in [5.74, 6) is 0. The number of dihydropyridines is 1. The smallest absolute Gasteiger partial charge is 0.366 e. The summed E-state index contributed by atoms with van der Waals surface area (Å²) < 4.78 is 38.0.